The van der Waals surface area contributed by atoms with Gasteiger partial charge in [-0.3, -0.25) is 4.57 Å². The van der Waals surface area contributed by atoms with Crippen molar-refractivity contribution in [2.45, 2.75) is 0 Å². The van der Waals surface area contributed by atoms with Gasteiger partial charge in [0.05, 0.1) is 23.4 Å². The molecule has 0 bridgehead atoms. The van der Waals surface area contributed by atoms with Crippen LogP contribution in [-0.2, 0) is 0 Å². The molecule has 0 saturated heterocycles. The Morgan fingerprint density at radius 3 is 2.00 bits per heavy atom. The van der Waals surface area contributed by atoms with Gasteiger partial charge in [-0.15, -0.1) is 11.3 Å². The van der Waals surface area contributed by atoms with Gasteiger partial charge in [0.25, 0.3) is 0 Å². The van der Waals surface area contributed by atoms with Crippen molar-refractivity contribution >= 4 is 53.3 Å². The van der Waals surface area contributed by atoms with Crippen LogP contribution in [0.4, 0.5) is 0 Å². The van der Waals surface area contributed by atoms with Gasteiger partial charge in [-0.1, -0.05) is 145 Å². The first-order valence-electron chi connectivity index (χ1n) is 20.5. The van der Waals surface area contributed by atoms with Gasteiger partial charge in [0.2, 0.25) is 5.95 Å². The first-order valence-corrected chi connectivity index (χ1v) is 16.8. The van der Waals surface area contributed by atoms with Crippen molar-refractivity contribution in [3.63, 3.8) is 0 Å². The van der Waals surface area contributed by atoms with Gasteiger partial charge in [0.15, 0.2) is 11.6 Å². The zero-order valence-electron chi connectivity index (χ0n) is 35.2. The molecule has 0 fully saturated rings. The third-order valence-corrected chi connectivity index (χ3v) is 10.0. The molecule has 0 atom stereocenters. The van der Waals surface area contributed by atoms with Crippen LogP contribution >= 0.6 is 11.3 Å². The maximum absolute atomic E-state index is 9.28. The highest BCUT2D eigenvalue weighted by Gasteiger charge is 2.21. The predicted octanol–water partition coefficient (Wildman–Crippen LogP) is 12.0. The molecular formula is C45H28N4S. The lowest BCUT2D eigenvalue weighted by atomic mass is 9.99. The third kappa shape index (κ3) is 4.63. The number of nitrogens with zero attached hydrogens (tertiary/aromatic N) is 4. The highest BCUT2D eigenvalue weighted by Crippen LogP contribution is 2.41. The van der Waals surface area contributed by atoms with E-state index in [0.29, 0.717) is 22.7 Å². The Kier molecular flexibility index (Phi) is 4.84. The number of fused-ring (bicyclic) bond motifs is 6. The minimum atomic E-state index is -0.546. The van der Waals surface area contributed by atoms with E-state index in [0.717, 1.165) is 36.9 Å². The SMILES string of the molecule is [2H]c1c([2H])c([2H])c(-c2cccc3c2c2c([2H])c([2H])c([2H])c([2H])c2n3-c2nc(-c3ccc(-c4ccccc4)cc3)nc(-c3cccc4sc5ccccc5c34)n2)c([2H])c1[2H]. The summed E-state index contributed by atoms with van der Waals surface area (Å²) in [7, 11) is 0. The summed E-state index contributed by atoms with van der Waals surface area (Å²) < 4.78 is 82.5. The number of hydrogen-bond acceptors (Lipinski definition) is 4. The summed E-state index contributed by atoms with van der Waals surface area (Å²) >= 11 is 1.66. The minimum Gasteiger partial charge on any atom is -0.278 e. The number of hydrogen-bond donors (Lipinski definition) is 0. The first kappa shape index (κ1) is 20.8. The van der Waals surface area contributed by atoms with Crippen LogP contribution in [0.15, 0.2) is 170 Å². The Bertz CT molecular complexity index is 3350. The summed E-state index contributed by atoms with van der Waals surface area (Å²) in [4.78, 5) is 15.2. The van der Waals surface area contributed by atoms with Crippen LogP contribution in [0.3, 0.4) is 0 Å². The summed E-state index contributed by atoms with van der Waals surface area (Å²) in [5, 5.41) is 2.35. The lowest BCUT2D eigenvalue weighted by molar-refractivity contribution is 0.954. The normalized spacial score (nSPS) is 14.1. The van der Waals surface area contributed by atoms with Crippen molar-refractivity contribution in [1.82, 2.24) is 19.5 Å². The molecule has 3 heterocycles. The van der Waals surface area contributed by atoms with Crippen molar-refractivity contribution in [1.29, 1.82) is 0 Å². The highest BCUT2D eigenvalue weighted by atomic mass is 32.1. The van der Waals surface area contributed by atoms with E-state index in [2.05, 4.69) is 18.2 Å². The largest absolute Gasteiger partial charge is 0.278 e. The molecule has 5 heteroatoms. The monoisotopic (exact) mass is 665 g/mol. The molecule has 0 N–H and O–H groups in total. The molecule has 50 heavy (non-hydrogen) atoms. The molecule has 0 amide bonds. The van der Waals surface area contributed by atoms with Gasteiger partial charge in [-0.25, -0.2) is 4.98 Å². The molecule has 0 saturated carbocycles. The van der Waals surface area contributed by atoms with Crippen LogP contribution in [0.1, 0.15) is 12.3 Å². The van der Waals surface area contributed by atoms with E-state index in [1.165, 1.54) is 0 Å². The second-order valence-electron chi connectivity index (χ2n) is 11.8. The second kappa shape index (κ2) is 11.6. The predicted molar refractivity (Wildman–Crippen MR) is 209 cm³/mol. The molecule has 0 unspecified atom stereocenters. The van der Waals surface area contributed by atoms with Gasteiger partial charge in [0.1, 0.15) is 0 Å². The summed E-state index contributed by atoms with van der Waals surface area (Å²) in [6.07, 6.45) is 0. The summed E-state index contributed by atoms with van der Waals surface area (Å²) in [5.74, 6) is 0.722. The van der Waals surface area contributed by atoms with Crippen molar-refractivity contribution in [2.24, 2.45) is 0 Å². The average Bonchev–Trinajstić information content (AvgIpc) is 3.83. The molecule has 234 valence electrons. The molecule has 0 aliphatic carbocycles. The third-order valence-electron chi connectivity index (χ3n) is 8.91. The quantitative estimate of drug-likeness (QED) is 0.184. The molecule has 3 aromatic heterocycles. The lowest BCUT2D eigenvalue weighted by Crippen LogP contribution is -2.06. The smallest absolute Gasteiger partial charge is 0.238 e. The zero-order valence-corrected chi connectivity index (χ0v) is 27.0. The molecule has 7 aromatic carbocycles. The van der Waals surface area contributed by atoms with E-state index >= 15 is 0 Å². The van der Waals surface area contributed by atoms with Crippen LogP contribution in [0.5, 0.6) is 0 Å². The van der Waals surface area contributed by atoms with Gasteiger partial charge < -0.3 is 0 Å². The number of para-hydroxylation sites is 1. The maximum atomic E-state index is 9.28. The molecule has 0 aliphatic heterocycles. The van der Waals surface area contributed by atoms with E-state index in [-0.39, 0.29) is 45.4 Å². The van der Waals surface area contributed by atoms with E-state index in [1.807, 2.05) is 78.9 Å². The van der Waals surface area contributed by atoms with E-state index < -0.39 is 42.3 Å². The van der Waals surface area contributed by atoms with Gasteiger partial charge in [-0.05, 0) is 46.5 Å². The Balaban J connectivity index is 1.32. The first-order chi connectivity index (χ1) is 28.5. The number of rotatable bonds is 5. The standard InChI is InChI=1S/C45H28N4S/c1-3-13-29(14-4-1)30-25-27-32(28-26-30)43-46-44(36-20-12-24-40-42(36)35-18-8-10-23-39(35)50-40)48-45(47-43)49-37-21-9-7-17-34(37)41-33(19-11-22-38(41)49)31-15-5-2-6-16-31/h1-28H/i2D,5D,6D,7D,9D,15D,16D,17D,21D. The lowest BCUT2D eigenvalue weighted by Gasteiger charge is -2.12. The fourth-order valence-corrected chi connectivity index (χ4v) is 7.81. The summed E-state index contributed by atoms with van der Waals surface area (Å²) in [5.41, 5.74) is 3.98. The Hall–Kier alpha value is -6.43. The minimum absolute atomic E-state index is 0.0625. The van der Waals surface area contributed by atoms with Crippen LogP contribution in [0, 0.1) is 0 Å². The highest BCUT2D eigenvalue weighted by molar-refractivity contribution is 7.25. The average molecular weight is 666 g/mol. The Labute approximate surface area is 305 Å². The number of benzene rings is 7. The molecular weight excluding hydrogens is 629 g/mol. The molecule has 0 aliphatic rings. The fraction of sp³-hybridized carbons (Fsp3) is 0. The van der Waals surface area contributed by atoms with Crippen molar-refractivity contribution in [3.05, 3.63) is 170 Å². The maximum Gasteiger partial charge on any atom is 0.238 e. The molecule has 0 radical (unpaired) electrons. The van der Waals surface area contributed by atoms with Gasteiger partial charge in [-0.2, -0.15) is 9.97 Å². The van der Waals surface area contributed by atoms with E-state index in [4.69, 9.17) is 24.5 Å². The summed E-state index contributed by atoms with van der Waals surface area (Å²) in [6.45, 7) is 0. The van der Waals surface area contributed by atoms with Gasteiger partial charge in [0, 0.05) is 42.1 Å². The van der Waals surface area contributed by atoms with E-state index in [9.17, 15) is 2.74 Å². The second-order valence-corrected chi connectivity index (χ2v) is 12.8. The Morgan fingerprint density at radius 2 is 1.12 bits per heavy atom. The van der Waals surface area contributed by atoms with E-state index in [1.54, 1.807) is 34.1 Å². The topological polar surface area (TPSA) is 43.6 Å². The number of thiophene rings is 1. The van der Waals surface area contributed by atoms with Crippen LogP contribution in [-0.4, -0.2) is 19.5 Å². The van der Waals surface area contributed by atoms with Crippen molar-refractivity contribution in [2.75, 3.05) is 0 Å². The van der Waals surface area contributed by atoms with Crippen LogP contribution in [0.2, 0.25) is 0 Å². The van der Waals surface area contributed by atoms with Crippen molar-refractivity contribution < 1.29 is 12.3 Å². The van der Waals surface area contributed by atoms with Crippen LogP contribution < -0.4 is 0 Å². The fourth-order valence-electron chi connectivity index (χ4n) is 6.68. The molecule has 10 rings (SSSR count). The summed E-state index contributed by atoms with van der Waals surface area (Å²) in [6, 6.07) is 32.7. The van der Waals surface area contributed by atoms with Crippen LogP contribution in [0.25, 0.3) is 93.0 Å². The zero-order chi connectivity index (χ0) is 40.9. The molecule has 0 spiro atoms. The number of aromatic nitrogens is 4. The molecule has 4 nitrogen and oxygen atoms in total. The molecule has 10 aromatic rings. The Morgan fingerprint density at radius 1 is 0.440 bits per heavy atom. The van der Waals surface area contributed by atoms with Crippen molar-refractivity contribution in [3.8, 4) is 51.0 Å². The van der Waals surface area contributed by atoms with Gasteiger partial charge >= 0.3 is 0 Å².